The molecule has 1 aromatic heterocycles. The normalized spacial score (nSPS) is 13.1. The fourth-order valence-electron chi connectivity index (χ4n) is 2.80. The van der Waals surface area contributed by atoms with Gasteiger partial charge in [0.1, 0.15) is 12.4 Å². The van der Waals surface area contributed by atoms with Gasteiger partial charge in [0.2, 0.25) is 6.79 Å². The monoisotopic (exact) mass is 402 g/mol. The summed E-state index contributed by atoms with van der Waals surface area (Å²) in [7, 11) is 0. The smallest absolute Gasteiger partial charge is 0.326 e. The van der Waals surface area contributed by atoms with Gasteiger partial charge in [-0.15, -0.1) is 0 Å². The highest BCUT2D eigenvalue weighted by Crippen LogP contribution is 2.32. The van der Waals surface area contributed by atoms with Gasteiger partial charge in [-0.2, -0.15) is 4.99 Å². The topological polar surface area (TPSA) is 79.1 Å². The van der Waals surface area contributed by atoms with Crippen molar-refractivity contribution < 1.29 is 28.2 Å². The number of aromatic nitrogens is 1. The molecule has 3 aromatic rings. The van der Waals surface area contributed by atoms with Crippen LogP contribution in [-0.2, 0) is 16.1 Å². The Morgan fingerprint density at radius 2 is 2.04 bits per heavy atom. The summed E-state index contributed by atoms with van der Waals surface area (Å²) in [5, 5.41) is 0. The van der Waals surface area contributed by atoms with Gasteiger partial charge >= 0.3 is 5.97 Å². The van der Waals surface area contributed by atoms with Gasteiger partial charge in [0, 0.05) is 5.56 Å². The molecule has 0 atom stereocenters. The van der Waals surface area contributed by atoms with Crippen LogP contribution in [0.5, 0.6) is 11.5 Å². The van der Waals surface area contributed by atoms with E-state index in [9.17, 15) is 14.0 Å². The molecule has 0 unspecified atom stereocenters. The maximum atomic E-state index is 13.6. The van der Waals surface area contributed by atoms with Gasteiger partial charge in [-0.05, 0) is 43.3 Å². The van der Waals surface area contributed by atoms with E-state index in [-0.39, 0.29) is 24.7 Å². The van der Waals surface area contributed by atoms with Crippen molar-refractivity contribution in [3.05, 3.63) is 52.6 Å². The third kappa shape index (κ3) is 3.48. The van der Waals surface area contributed by atoms with E-state index >= 15 is 0 Å². The van der Waals surface area contributed by atoms with Gasteiger partial charge in [-0.1, -0.05) is 11.3 Å². The van der Waals surface area contributed by atoms with Gasteiger partial charge in [0.15, 0.2) is 16.3 Å². The van der Waals surface area contributed by atoms with Gasteiger partial charge in [0.25, 0.3) is 5.91 Å². The Labute approximate surface area is 162 Å². The molecule has 0 saturated heterocycles. The first kappa shape index (κ1) is 18.2. The molecule has 7 nitrogen and oxygen atoms in total. The molecule has 4 rings (SSSR count). The minimum absolute atomic E-state index is 0.103. The maximum absolute atomic E-state index is 13.6. The highest BCUT2D eigenvalue weighted by atomic mass is 32.1. The molecular formula is C19H15FN2O5S. The summed E-state index contributed by atoms with van der Waals surface area (Å²) in [5.41, 5.74) is 0.910. The van der Waals surface area contributed by atoms with E-state index in [0.29, 0.717) is 27.3 Å². The van der Waals surface area contributed by atoms with Crippen molar-refractivity contribution in [3.63, 3.8) is 0 Å². The van der Waals surface area contributed by atoms with E-state index in [1.807, 2.05) is 0 Å². The molecule has 144 valence electrons. The van der Waals surface area contributed by atoms with Crippen molar-refractivity contribution in [2.75, 3.05) is 13.4 Å². The number of ether oxygens (including phenoxy) is 3. The number of benzene rings is 2. The molecule has 0 N–H and O–H groups in total. The highest BCUT2D eigenvalue weighted by Gasteiger charge is 2.17. The van der Waals surface area contributed by atoms with Crippen molar-refractivity contribution in [2.24, 2.45) is 4.99 Å². The first-order valence-electron chi connectivity index (χ1n) is 8.48. The minimum Gasteiger partial charge on any atom is -0.465 e. The number of nitrogens with zero attached hydrogens (tertiary/aromatic N) is 2. The Morgan fingerprint density at radius 3 is 2.86 bits per heavy atom. The summed E-state index contributed by atoms with van der Waals surface area (Å²) in [5.74, 6) is -0.359. The summed E-state index contributed by atoms with van der Waals surface area (Å²) in [6.07, 6.45) is 0. The molecule has 1 amide bonds. The zero-order valence-electron chi connectivity index (χ0n) is 14.8. The predicted octanol–water partition coefficient (Wildman–Crippen LogP) is 2.87. The molecule has 0 fully saturated rings. The Bertz CT molecular complexity index is 1150. The quantitative estimate of drug-likeness (QED) is 0.627. The van der Waals surface area contributed by atoms with E-state index in [1.165, 1.54) is 12.1 Å². The van der Waals surface area contributed by atoms with Crippen LogP contribution in [0.1, 0.15) is 17.3 Å². The number of halogens is 1. The van der Waals surface area contributed by atoms with Crippen LogP contribution in [-0.4, -0.2) is 29.8 Å². The highest BCUT2D eigenvalue weighted by molar-refractivity contribution is 7.16. The zero-order valence-corrected chi connectivity index (χ0v) is 15.6. The molecule has 2 heterocycles. The summed E-state index contributed by atoms with van der Waals surface area (Å²) >= 11 is 1.12. The number of carbonyl (C=O) groups is 2. The largest absolute Gasteiger partial charge is 0.465 e. The van der Waals surface area contributed by atoms with Gasteiger partial charge in [0.05, 0.1) is 16.8 Å². The minimum atomic E-state index is -0.511. The molecule has 0 spiro atoms. The Balaban J connectivity index is 1.77. The van der Waals surface area contributed by atoms with Crippen LogP contribution in [0.3, 0.4) is 0 Å². The van der Waals surface area contributed by atoms with Crippen molar-refractivity contribution in [1.82, 2.24) is 4.57 Å². The molecule has 28 heavy (non-hydrogen) atoms. The lowest BCUT2D eigenvalue weighted by Crippen LogP contribution is -2.23. The molecule has 9 heteroatoms. The fraction of sp³-hybridized carbons (Fsp3) is 0.211. The van der Waals surface area contributed by atoms with Crippen LogP contribution >= 0.6 is 11.3 Å². The third-order valence-corrected chi connectivity index (χ3v) is 5.10. The van der Waals surface area contributed by atoms with Crippen LogP contribution in [0.25, 0.3) is 10.2 Å². The van der Waals surface area contributed by atoms with Gasteiger partial charge < -0.3 is 18.8 Å². The maximum Gasteiger partial charge on any atom is 0.326 e. The molecule has 1 aliphatic heterocycles. The predicted molar refractivity (Wildman–Crippen MR) is 98.9 cm³/mol. The lowest BCUT2D eigenvalue weighted by atomic mass is 10.2. The standard InChI is InChI=1S/C19H15FN2O5S/c1-2-25-17(23)9-22-13-5-4-12(20)8-16(13)28-19(22)21-18(24)11-3-6-14-15(7-11)27-10-26-14/h3-8H,2,9-10H2,1H3. The molecule has 0 radical (unpaired) electrons. The van der Waals surface area contributed by atoms with Crippen LogP contribution in [0.4, 0.5) is 4.39 Å². The number of amides is 1. The van der Waals surface area contributed by atoms with E-state index < -0.39 is 17.7 Å². The third-order valence-electron chi connectivity index (χ3n) is 4.05. The Hall–Kier alpha value is -3.20. The lowest BCUT2D eigenvalue weighted by molar-refractivity contribution is -0.143. The van der Waals surface area contributed by atoms with Gasteiger partial charge in [-0.25, -0.2) is 4.39 Å². The van der Waals surface area contributed by atoms with Crippen LogP contribution in [0.15, 0.2) is 41.4 Å². The second-order valence-corrected chi connectivity index (χ2v) is 6.88. The number of esters is 1. The average Bonchev–Trinajstić information content (AvgIpc) is 3.26. The summed E-state index contributed by atoms with van der Waals surface area (Å²) in [4.78, 5) is 29.1. The first-order chi connectivity index (χ1) is 13.5. The SMILES string of the molecule is CCOC(=O)Cn1c(=NC(=O)c2ccc3c(c2)OCO3)sc2cc(F)ccc21. The number of rotatable bonds is 4. The van der Waals surface area contributed by atoms with E-state index in [0.717, 1.165) is 11.3 Å². The number of fused-ring (bicyclic) bond motifs is 2. The number of hydrogen-bond donors (Lipinski definition) is 0. The van der Waals surface area contributed by atoms with E-state index in [1.54, 1.807) is 35.8 Å². The zero-order chi connectivity index (χ0) is 19.7. The van der Waals surface area contributed by atoms with Crippen molar-refractivity contribution >= 4 is 33.4 Å². The summed E-state index contributed by atoms with van der Waals surface area (Å²) < 4.78 is 31.2. The van der Waals surface area contributed by atoms with Crippen molar-refractivity contribution in [2.45, 2.75) is 13.5 Å². The Kier molecular flexibility index (Phi) is 4.82. The van der Waals surface area contributed by atoms with Crippen LogP contribution in [0, 0.1) is 5.82 Å². The first-order valence-corrected chi connectivity index (χ1v) is 9.30. The second-order valence-electron chi connectivity index (χ2n) is 5.87. The number of thiazole rings is 1. The van der Waals surface area contributed by atoms with Crippen LogP contribution < -0.4 is 14.3 Å². The van der Waals surface area contributed by atoms with Crippen LogP contribution in [0.2, 0.25) is 0 Å². The molecular weight excluding hydrogens is 387 g/mol. The summed E-state index contributed by atoms with van der Waals surface area (Å²) in [6.45, 7) is 1.91. The summed E-state index contributed by atoms with van der Waals surface area (Å²) in [6, 6.07) is 8.95. The average molecular weight is 402 g/mol. The molecule has 0 saturated carbocycles. The van der Waals surface area contributed by atoms with Crippen molar-refractivity contribution in [1.29, 1.82) is 0 Å². The molecule has 1 aliphatic rings. The number of carbonyl (C=O) groups excluding carboxylic acids is 2. The van der Waals surface area contributed by atoms with Gasteiger partial charge in [-0.3, -0.25) is 9.59 Å². The molecule has 0 bridgehead atoms. The number of hydrogen-bond acceptors (Lipinski definition) is 6. The second kappa shape index (κ2) is 7.43. The molecule has 2 aromatic carbocycles. The lowest BCUT2D eigenvalue weighted by Gasteiger charge is -2.05. The van der Waals surface area contributed by atoms with E-state index in [2.05, 4.69) is 4.99 Å². The van der Waals surface area contributed by atoms with E-state index in [4.69, 9.17) is 14.2 Å². The Morgan fingerprint density at radius 1 is 1.21 bits per heavy atom. The fourth-order valence-corrected chi connectivity index (χ4v) is 3.85. The van der Waals surface area contributed by atoms with Crippen molar-refractivity contribution in [3.8, 4) is 11.5 Å². The molecule has 0 aliphatic carbocycles.